The number of carbonyl (C=O) groups is 2. The summed E-state index contributed by atoms with van der Waals surface area (Å²) >= 11 is 0. The molecule has 2 fully saturated rings. The fourth-order valence-electron chi connectivity index (χ4n) is 4.67. The average molecular weight is 421 g/mol. The lowest BCUT2D eigenvalue weighted by Crippen LogP contribution is -2.43. The molecule has 4 rings (SSSR count). The molecule has 6 nitrogen and oxygen atoms in total. The molecular weight excluding hydrogens is 388 g/mol. The normalized spacial score (nSPS) is 19.2. The number of nitrogens with one attached hydrogen (secondary N) is 1. The molecule has 1 unspecified atom stereocenters. The van der Waals surface area contributed by atoms with E-state index in [2.05, 4.69) is 21.3 Å². The molecule has 0 aliphatic carbocycles. The lowest BCUT2D eigenvalue weighted by atomic mass is 9.96. The number of hydrogen-bond donors (Lipinski definition) is 1. The van der Waals surface area contributed by atoms with Crippen LogP contribution in [0.2, 0.25) is 0 Å². The highest BCUT2D eigenvalue weighted by molar-refractivity contribution is 5.96. The van der Waals surface area contributed by atoms with Crippen LogP contribution in [0.1, 0.15) is 53.6 Å². The summed E-state index contributed by atoms with van der Waals surface area (Å²) in [4.78, 5) is 34.5. The van der Waals surface area contributed by atoms with E-state index >= 15 is 0 Å². The van der Waals surface area contributed by atoms with Crippen molar-refractivity contribution < 1.29 is 9.59 Å². The first-order chi connectivity index (χ1) is 15.0. The number of benzene rings is 1. The van der Waals surface area contributed by atoms with Crippen molar-refractivity contribution in [3.63, 3.8) is 0 Å². The summed E-state index contributed by atoms with van der Waals surface area (Å²) in [5.74, 6) is 0.744. The third-order valence-corrected chi connectivity index (χ3v) is 6.24. The van der Waals surface area contributed by atoms with Gasteiger partial charge in [0.25, 0.3) is 5.91 Å². The molecule has 31 heavy (non-hydrogen) atoms. The Morgan fingerprint density at radius 3 is 2.39 bits per heavy atom. The molecule has 1 aromatic carbocycles. The summed E-state index contributed by atoms with van der Waals surface area (Å²) < 4.78 is 0. The number of aryl methyl sites for hydroxylation is 2. The maximum atomic E-state index is 13.0. The number of hydrogen-bond acceptors (Lipinski definition) is 4. The first kappa shape index (κ1) is 21.3. The molecule has 2 aliphatic rings. The minimum atomic E-state index is -0.203. The summed E-state index contributed by atoms with van der Waals surface area (Å²) in [6, 6.07) is 9.82. The van der Waals surface area contributed by atoms with E-state index in [0.29, 0.717) is 24.3 Å². The number of rotatable bonds is 4. The highest BCUT2D eigenvalue weighted by Crippen LogP contribution is 2.23. The summed E-state index contributed by atoms with van der Waals surface area (Å²) in [7, 11) is 0. The number of carbonyl (C=O) groups excluding carboxylic acids is 2. The van der Waals surface area contributed by atoms with Gasteiger partial charge in [0, 0.05) is 31.7 Å². The number of piperidine rings is 2. The molecular formula is C25H32N4O2. The smallest absolute Gasteiger partial charge is 0.253 e. The first-order valence-electron chi connectivity index (χ1n) is 11.4. The maximum Gasteiger partial charge on any atom is 0.253 e. The van der Waals surface area contributed by atoms with E-state index in [4.69, 9.17) is 0 Å². The van der Waals surface area contributed by atoms with Gasteiger partial charge in [-0.2, -0.15) is 0 Å². The molecule has 3 heterocycles. The van der Waals surface area contributed by atoms with Gasteiger partial charge in [0.15, 0.2) is 0 Å². The molecule has 1 N–H and O–H groups in total. The zero-order chi connectivity index (χ0) is 21.8. The van der Waals surface area contributed by atoms with E-state index in [0.717, 1.165) is 42.9 Å². The largest absolute Gasteiger partial charge is 0.357 e. The number of nitrogens with zero attached hydrogens (tertiary/aromatic N) is 3. The Morgan fingerprint density at radius 2 is 1.71 bits per heavy atom. The second-order valence-electron chi connectivity index (χ2n) is 8.91. The molecule has 0 bridgehead atoms. The molecule has 1 aromatic heterocycles. The van der Waals surface area contributed by atoms with Gasteiger partial charge in [0.2, 0.25) is 5.91 Å². The Kier molecular flexibility index (Phi) is 6.54. The number of likely N-dealkylation sites (tertiary alicyclic amines) is 1. The number of pyridine rings is 1. The molecule has 2 aliphatic heterocycles. The number of aromatic nitrogens is 1. The van der Waals surface area contributed by atoms with Crippen LogP contribution in [0.25, 0.3) is 0 Å². The average Bonchev–Trinajstić information content (AvgIpc) is 2.79. The van der Waals surface area contributed by atoms with E-state index in [1.54, 1.807) is 6.20 Å². The summed E-state index contributed by atoms with van der Waals surface area (Å²) in [5, 5.41) is 3.00. The minimum Gasteiger partial charge on any atom is -0.357 e. The second-order valence-corrected chi connectivity index (χ2v) is 8.91. The molecule has 6 heteroatoms. The highest BCUT2D eigenvalue weighted by Gasteiger charge is 2.29. The number of anilines is 2. The van der Waals surface area contributed by atoms with Crippen LogP contribution >= 0.6 is 0 Å². The van der Waals surface area contributed by atoms with Crippen molar-refractivity contribution in [3.05, 3.63) is 53.2 Å². The molecule has 0 radical (unpaired) electrons. The van der Waals surface area contributed by atoms with Gasteiger partial charge in [-0.05, 0) is 70.2 Å². The van der Waals surface area contributed by atoms with Crippen LogP contribution in [-0.4, -0.2) is 47.9 Å². The third-order valence-electron chi connectivity index (χ3n) is 6.24. The Labute approximate surface area is 184 Å². The molecule has 164 valence electrons. The van der Waals surface area contributed by atoms with Crippen LogP contribution in [-0.2, 0) is 4.79 Å². The van der Waals surface area contributed by atoms with Crippen LogP contribution in [0.3, 0.4) is 0 Å². The Hall–Kier alpha value is -2.89. The van der Waals surface area contributed by atoms with Gasteiger partial charge in [-0.15, -0.1) is 0 Å². The van der Waals surface area contributed by atoms with Gasteiger partial charge in [-0.1, -0.05) is 17.2 Å². The van der Waals surface area contributed by atoms with E-state index in [1.807, 2.05) is 43.0 Å². The van der Waals surface area contributed by atoms with Crippen LogP contribution in [0.15, 0.2) is 36.5 Å². The summed E-state index contributed by atoms with van der Waals surface area (Å²) in [5.41, 5.74) is 3.57. The van der Waals surface area contributed by atoms with E-state index < -0.39 is 0 Å². The van der Waals surface area contributed by atoms with Crippen LogP contribution in [0.4, 0.5) is 11.5 Å². The first-order valence-corrected chi connectivity index (χ1v) is 11.4. The molecule has 0 spiro atoms. The fraction of sp³-hybridized carbons (Fsp3) is 0.480. The minimum absolute atomic E-state index is 0.0110. The molecule has 2 saturated heterocycles. The van der Waals surface area contributed by atoms with Gasteiger partial charge in [0.1, 0.15) is 5.82 Å². The van der Waals surface area contributed by atoms with Gasteiger partial charge in [0.05, 0.1) is 17.8 Å². The van der Waals surface area contributed by atoms with E-state index in [1.165, 1.54) is 19.3 Å². The number of amides is 2. The summed E-state index contributed by atoms with van der Waals surface area (Å²) in [6.45, 7) is 7.25. The Balaban J connectivity index is 1.36. The lowest BCUT2D eigenvalue weighted by molar-refractivity contribution is -0.121. The van der Waals surface area contributed by atoms with Crippen molar-refractivity contribution in [1.82, 2.24) is 9.88 Å². The predicted molar refractivity (Wildman–Crippen MR) is 123 cm³/mol. The zero-order valence-electron chi connectivity index (χ0n) is 18.6. The second kappa shape index (κ2) is 9.50. The molecule has 2 aromatic rings. The predicted octanol–water partition coefficient (Wildman–Crippen LogP) is 4.18. The van der Waals surface area contributed by atoms with Crippen LogP contribution in [0.5, 0.6) is 0 Å². The Bertz CT molecular complexity index is 915. The van der Waals surface area contributed by atoms with Gasteiger partial charge in [-0.3, -0.25) is 9.59 Å². The fourth-order valence-corrected chi connectivity index (χ4v) is 4.67. The molecule has 0 saturated carbocycles. The third kappa shape index (κ3) is 5.24. The van der Waals surface area contributed by atoms with Crippen molar-refractivity contribution in [2.75, 3.05) is 36.4 Å². The van der Waals surface area contributed by atoms with Gasteiger partial charge in [-0.25, -0.2) is 4.98 Å². The van der Waals surface area contributed by atoms with Crippen LogP contribution < -0.4 is 10.2 Å². The van der Waals surface area contributed by atoms with E-state index in [-0.39, 0.29) is 17.7 Å². The lowest BCUT2D eigenvalue weighted by Gasteiger charge is -2.32. The SMILES string of the molecule is Cc1cc(C)cc(C(=O)N2CCCC(C(=O)Nc3ccc(N4CCCCC4)nc3)C2)c1. The quantitative estimate of drug-likeness (QED) is 0.806. The van der Waals surface area contributed by atoms with Crippen molar-refractivity contribution in [2.45, 2.75) is 46.0 Å². The molecule has 1 atom stereocenters. The van der Waals surface area contributed by atoms with Gasteiger partial charge >= 0.3 is 0 Å². The molecule has 2 amide bonds. The highest BCUT2D eigenvalue weighted by atomic mass is 16.2. The standard InChI is InChI=1S/C25H32N4O2/c1-18-13-19(2)15-21(14-18)25(31)29-12-6-7-20(17-29)24(30)27-22-8-9-23(26-16-22)28-10-4-3-5-11-28/h8-9,13-16,20H,3-7,10-12,17H2,1-2H3,(H,27,30). The van der Waals surface area contributed by atoms with E-state index in [9.17, 15) is 9.59 Å². The summed E-state index contributed by atoms with van der Waals surface area (Å²) in [6.07, 6.45) is 7.07. The monoisotopic (exact) mass is 420 g/mol. The van der Waals surface area contributed by atoms with Crippen LogP contribution in [0, 0.1) is 19.8 Å². The zero-order valence-corrected chi connectivity index (χ0v) is 18.6. The Morgan fingerprint density at radius 1 is 0.968 bits per heavy atom. The van der Waals surface area contributed by atoms with Gasteiger partial charge < -0.3 is 15.1 Å². The van der Waals surface area contributed by atoms with Crippen molar-refractivity contribution in [1.29, 1.82) is 0 Å². The topological polar surface area (TPSA) is 65.5 Å². The van der Waals surface area contributed by atoms with Crippen molar-refractivity contribution >= 4 is 23.3 Å². The van der Waals surface area contributed by atoms with Crippen molar-refractivity contribution in [2.24, 2.45) is 5.92 Å². The van der Waals surface area contributed by atoms with Crippen molar-refractivity contribution in [3.8, 4) is 0 Å². The maximum absolute atomic E-state index is 13.0.